The first-order valence-corrected chi connectivity index (χ1v) is 6.75. The third-order valence-corrected chi connectivity index (χ3v) is 3.35. The van der Waals surface area contributed by atoms with E-state index in [2.05, 4.69) is 29.1 Å². The third kappa shape index (κ3) is 3.14. The minimum atomic E-state index is 0.442. The normalized spacial score (nSPS) is 11.3. The van der Waals surface area contributed by atoms with Crippen molar-refractivity contribution in [3.8, 4) is 5.82 Å². The SMILES string of the molecule is Cc1ncn(-c2ncc(CNC(C)C)cc2Cl)c1C. The fourth-order valence-electron chi connectivity index (χ4n) is 1.78. The summed E-state index contributed by atoms with van der Waals surface area (Å²) in [5.74, 6) is 0.730. The molecule has 0 fully saturated rings. The van der Waals surface area contributed by atoms with Crippen LogP contribution in [0.15, 0.2) is 18.6 Å². The van der Waals surface area contributed by atoms with Crippen molar-refractivity contribution in [2.45, 2.75) is 40.3 Å². The molecule has 2 aromatic heterocycles. The molecule has 0 amide bonds. The molecule has 0 aliphatic carbocycles. The number of hydrogen-bond acceptors (Lipinski definition) is 3. The Bertz CT molecular complexity index is 575. The van der Waals surface area contributed by atoms with Crippen LogP contribution in [0, 0.1) is 13.8 Å². The second kappa shape index (κ2) is 5.72. The maximum Gasteiger partial charge on any atom is 0.156 e. The van der Waals surface area contributed by atoms with Gasteiger partial charge in [0, 0.05) is 24.5 Å². The molecule has 0 unspecified atom stereocenters. The molecular formula is C14H19ClN4. The molecule has 1 N–H and O–H groups in total. The number of nitrogens with one attached hydrogen (secondary N) is 1. The number of aromatic nitrogens is 3. The zero-order valence-electron chi connectivity index (χ0n) is 11.7. The molecule has 2 rings (SSSR count). The van der Waals surface area contributed by atoms with Crippen LogP contribution in [-0.4, -0.2) is 20.6 Å². The predicted molar refractivity (Wildman–Crippen MR) is 77.8 cm³/mol. The van der Waals surface area contributed by atoms with Gasteiger partial charge in [-0.05, 0) is 25.5 Å². The molecule has 102 valence electrons. The van der Waals surface area contributed by atoms with Gasteiger partial charge in [0.15, 0.2) is 5.82 Å². The van der Waals surface area contributed by atoms with Crippen LogP contribution in [0.4, 0.5) is 0 Å². The molecule has 0 aliphatic heterocycles. The highest BCUT2D eigenvalue weighted by Crippen LogP contribution is 2.21. The van der Waals surface area contributed by atoms with E-state index in [9.17, 15) is 0 Å². The van der Waals surface area contributed by atoms with E-state index in [0.29, 0.717) is 11.1 Å². The Balaban J connectivity index is 2.27. The van der Waals surface area contributed by atoms with E-state index < -0.39 is 0 Å². The third-order valence-electron chi connectivity index (χ3n) is 3.07. The largest absolute Gasteiger partial charge is 0.310 e. The van der Waals surface area contributed by atoms with Crippen molar-refractivity contribution in [1.29, 1.82) is 0 Å². The molecule has 0 spiro atoms. The van der Waals surface area contributed by atoms with Gasteiger partial charge in [0.1, 0.15) is 6.33 Å². The van der Waals surface area contributed by atoms with Gasteiger partial charge in [0.25, 0.3) is 0 Å². The summed E-state index contributed by atoms with van der Waals surface area (Å²) < 4.78 is 1.91. The predicted octanol–water partition coefficient (Wildman–Crippen LogP) is 3.04. The number of imidazole rings is 1. The second-order valence-electron chi connectivity index (χ2n) is 4.97. The van der Waals surface area contributed by atoms with Crippen LogP contribution in [0.1, 0.15) is 30.8 Å². The van der Waals surface area contributed by atoms with Crippen LogP contribution in [0.3, 0.4) is 0 Å². The van der Waals surface area contributed by atoms with Crippen molar-refractivity contribution in [1.82, 2.24) is 19.9 Å². The summed E-state index contributed by atoms with van der Waals surface area (Å²) in [6.45, 7) is 8.98. The molecule has 4 nitrogen and oxygen atoms in total. The number of rotatable bonds is 4. The maximum atomic E-state index is 6.32. The van der Waals surface area contributed by atoms with Gasteiger partial charge >= 0.3 is 0 Å². The first-order chi connectivity index (χ1) is 8.99. The summed E-state index contributed by atoms with van der Waals surface area (Å²) in [5, 5.41) is 3.99. The highest BCUT2D eigenvalue weighted by molar-refractivity contribution is 6.32. The lowest BCUT2D eigenvalue weighted by Gasteiger charge is -2.11. The van der Waals surface area contributed by atoms with Crippen molar-refractivity contribution in [2.75, 3.05) is 0 Å². The smallest absolute Gasteiger partial charge is 0.156 e. The molecule has 2 heterocycles. The topological polar surface area (TPSA) is 42.7 Å². The first-order valence-electron chi connectivity index (χ1n) is 6.37. The minimum absolute atomic E-state index is 0.442. The van der Waals surface area contributed by atoms with Crippen molar-refractivity contribution in [3.63, 3.8) is 0 Å². The Morgan fingerprint density at radius 1 is 1.32 bits per heavy atom. The Morgan fingerprint density at radius 3 is 2.58 bits per heavy atom. The summed E-state index contributed by atoms with van der Waals surface area (Å²) in [7, 11) is 0. The molecule has 0 aliphatic rings. The monoisotopic (exact) mass is 278 g/mol. The zero-order valence-corrected chi connectivity index (χ0v) is 12.5. The second-order valence-corrected chi connectivity index (χ2v) is 5.38. The van der Waals surface area contributed by atoms with Crippen LogP contribution in [-0.2, 0) is 6.54 Å². The number of nitrogens with zero attached hydrogens (tertiary/aromatic N) is 3. The Labute approximate surface area is 118 Å². The summed E-state index contributed by atoms with van der Waals surface area (Å²) in [6, 6.07) is 2.39. The van der Waals surface area contributed by atoms with Crippen molar-refractivity contribution >= 4 is 11.6 Å². The van der Waals surface area contributed by atoms with Gasteiger partial charge in [-0.1, -0.05) is 25.4 Å². The van der Waals surface area contributed by atoms with Crippen LogP contribution in [0.25, 0.3) is 5.82 Å². The van der Waals surface area contributed by atoms with Gasteiger partial charge in [-0.2, -0.15) is 0 Å². The van der Waals surface area contributed by atoms with Crippen LogP contribution < -0.4 is 5.32 Å². The van der Waals surface area contributed by atoms with Crippen molar-refractivity contribution in [2.24, 2.45) is 0 Å². The lowest BCUT2D eigenvalue weighted by atomic mass is 10.2. The number of hydrogen-bond donors (Lipinski definition) is 1. The average molecular weight is 279 g/mol. The van der Waals surface area contributed by atoms with E-state index in [1.54, 1.807) is 6.33 Å². The van der Waals surface area contributed by atoms with Gasteiger partial charge in [0.05, 0.1) is 10.7 Å². The molecule has 2 aromatic rings. The van der Waals surface area contributed by atoms with Crippen molar-refractivity contribution in [3.05, 3.63) is 40.6 Å². The summed E-state index contributed by atoms with van der Waals surface area (Å²) in [4.78, 5) is 8.72. The molecule has 0 bridgehead atoms. The summed E-state index contributed by atoms with van der Waals surface area (Å²) in [5.41, 5.74) is 3.13. The molecule has 5 heteroatoms. The summed E-state index contributed by atoms with van der Waals surface area (Å²) >= 11 is 6.32. The van der Waals surface area contributed by atoms with E-state index in [4.69, 9.17) is 11.6 Å². The quantitative estimate of drug-likeness (QED) is 0.935. The highest BCUT2D eigenvalue weighted by atomic mass is 35.5. The lowest BCUT2D eigenvalue weighted by molar-refractivity contribution is 0.588. The van der Waals surface area contributed by atoms with Gasteiger partial charge in [-0.25, -0.2) is 9.97 Å². The molecule has 19 heavy (non-hydrogen) atoms. The Kier molecular flexibility index (Phi) is 4.22. The summed E-state index contributed by atoms with van der Waals surface area (Å²) in [6.07, 6.45) is 3.61. The van der Waals surface area contributed by atoms with Gasteiger partial charge in [0.2, 0.25) is 0 Å². The fraction of sp³-hybridized carbons (Fsp3) is 0.429. The first kappa shape index (κ1) is 14.0. The van der Waals surface area contributed by atoms with E-state index in [1.165, 1.54) is 0 Å². The molecule has 0 aromatic carbocycles. The maximum absolute atomic E-state index is 6.32. The standard InChI is InChI=1S/C14H19ClN4/c1-9(2)16-6-12-5-13(15)14(17-7-12)19-8-18-10(3)11(19)4/h5,7-9,16H,6H2,1-4H3. The van der Waals surface area contributed by atoms with E-state index in [1.807, 2.05) is 30.7 Å². The number of halogens is 1. The molecule has 0 radical (unpaired) electrons. The zero-order chi connectivity index (χ0) is 14.0. The fourth-order valence-corrected chi connectivity index (χ4v) is 2.06. The van der Waals surface area contributed by atoms with Crippen LogP contribution >= 0.6 is 11.6 Å². The Hall–Kier alpha value is -1.39. The lowest BCUT2D eigenvalue weighted by Crippen LogP contribution is -2.22. The molecule has 0 saturated carbocycles. The number of pyridine rings is 1. The Morgan fingerprint density at radius 2 is 2.05 bits per heavy atom. The van der Waals surface area contributed by atoms with Crippen LogP contribution in [0.5, 0.6) is 0 Å². The van der Waals surface area contributed by atoms with Gasteiger partial charge in [-0.15, -0.1) is 0 Å². The minimum Gasteiger partial charge on any atom is -0.310 e. The van der Waals surface area contributed by atoms with Crippen LogP contribution in [0.2, 0.25) is 5.02 Å². The average Bonchev–Trinajstić information content (AvgIpc) is 2.68. The molecule has 0 atom stereocenters. The highest BCUT2D eigenvalue weighted by Gasteiger charge is 2.10. The van der Waals surface area contributed by atoms with E-state index >= 15 is 0 Å². The van der Waals surface area contributed by atoms with Gasteiger partial charge < -0.3 is 5.32 Å². The van der Waals surface area contributed by atoms with Crippen molar-refractivity contribution < 1.29 is 0 Å². The van der Waals surface area contributed by atoms with E-state index in [0.717, 1.165) is 29.3 Å². The molecule has 0 saturated heterocycles. The van der Waals surface area contributed by atoms with E-state index in [-0.39, 0.29) is 0 Å². The van der Waals surface area contributed by atoms with Gasteiger partial charge in [-0.3, -0.25) is 4.57 Å². The molecular weight excluding hydrogens is 260 g/mol. The number of aryl methyl sites for hydroxylation is 1.